The van der Waals surface area contributed by atoms with E-state index in [4.69, 9.17) is 14.3 Å². The lowest BCUT2D eigenvalue weighted by molar-refractivity contribution is 0.352. The Morgan fingerprint density at radius 2 is 1.94 bits per heavy atom. The van der Waals surface area contributed by atoms with Gasteiger partial charge < -0.3 is 15.1 Å². The van der Waals surface area contributed by atoms with Gasteiger partial charge in [-0.25, -0.2) is 0 Å². The van der Waals surface area contributed by atoms with Gasteiger partial charge in [-0.3, -0.25) is 9.12 Å². The van der Waals surface area contributed by atoms with Gasteiger partial charge in [0.15, 0.2) is 4.99 Å². The van der Waals surface area contributed by atoms with Crippen LogP contribution in [0.15, 0.2) is 0 Å². The predicted molar refractivity (Wildman–Crippen MR) is 62.3 cm³/mol. The van der Waals surface area contributed by atoms with Gasteiger partial charge in [-0.15, -0.1) is 0 Å². The van der Waals surface area contributed by atoms with Gasteiger partial charge in [0.05, 0.1) is 0 Å². The maximum absolute atomic E-state index is 11.1. The monoisotopic (exact) mass is 287 g/mol. The van der Waals surface area contributed by atoms with Crippen LogP contribution < -0.4 is 5.32 Å². The number of hydrogen-bond donors (Lipinski definition) is 4. The molecule has 2 unspecified atom stereocenters. The summed E-state index contributed by atoms with van der Waals surface area (Å²) in [6.07, 6.45) is 3.26. The molecule has 0 aromatic carbocycles. The average molecular weight is 287 g/mol. The minimum Gasteiger partial charge on any atom is -0.323 e. The molecule has 1 aliphatic heterocycles. The normalized spacial score (nSPS) is 25.2. The van der Waals surface area contributed by atoms with E-state index in [1.54, 1.807) is 0 Å². The first kappa shape index (κ1) is 15.1. The minimum atomic E-state index is -4.86. The Balaban J connectivity index is 2.76. The molecular formula is C8H18NO6PS. The highest BCUT2D eigenvalue weighted by Gasteiger charge is 2.41. The molecule has 0 saturated carbocycles. The molecule has 0 aromatic heterocycles. The molecule has 1 fully saturated rings. The molecule has 9 heteroatoms. The molecule has 0 bridgehead atoms. The second-order valence-electron chi connectivity index (χ2n) is 4.29. The summed E-state index contributed by atoms with van der Waals surface area (Å²) in [5.41, 5.74) is 0. The Morgan fingerprint density at radius 1 is 1.29 bits per heavy atom. The topological polar surface area (TPSA) is 124 Å². The lowest BCUT2D eigenvalue weighted by atomic mass is 10.1. The van der Waals surface area contributed by atoms with Gasteiger partial charge in [0.25, 0.3) is 10.1 Å². The first-order valence-electron chi connectivity index (χ1n) is 5.46. The van der Waals surface area contributed by atoms with E-state index in [0.717, 1.165) is 19.3 Å². The van der Waals surface area contributed by atoms with Crippen LogP contribution in [-0.4, -0.2) is 40.3 Å². The summed E-state index contributed by atoms with van der Waals surface area (Å²) in [6, 6.07) is -0.281. The number of rotatable bonds is 4. The van der Waals surface area contributed by atoms with Gasteiger partial charge in [-0.2, -0.15) is 8.42 Å². The first-order valence-corrected chi connectivity index (χ1v) is 8.64. The second kappa shape index (κ2) is 5.77. The van der Waals surface area contributed by atoms with Gasteiger partial charge in [0, 0.05) is 6.04 Å². The van der Waals surface area contributed by atoms with E-state index < -0.39 is 22.7 Å². The van der Waals surface area contributed by atoms with Crippen molar-refractivity contribution in [2.24, 2.45) is 0 Å². The molecule has 2 atom stereocenters. The smallest absolute Gasteiger partial charge is 0.323 e. The van der Waals surface area contributed by atoms with Crippen molar-refractivity contribution < 1.29 is 27.3 Å². The highest BCUT2D eigenvalue weighted by Crippen LogP contribution is 2.46. The van der Waals surface area contributed by atoms with E-state index in [-0.39, 0.29) is 12.5 Å². The third kappa shape index (κ3) is 5.03. The van der Waals surface area contributed by atoms with Crippen molar-refractivity contribution in [1.82, 2.24) is 5.32 Å². The van der Waals surface area contributed by atoms with Gasteiger partial charge in [0.1, 0.15) is 0 Å². The fraction of sp³-hybridized carbons (Fsp3) is 1.00. The molecule has 0 aromatic rings. The molecule has 4 N–H and O–H groups in total. The van der Waals surface area contributed by atoms with E-state index in [2.05, 4.69) is 5.32 Å². The van der Waals surface area contributed by atoms with Crippen LogP contribution in [0.5, 0.6) is 0 Å². The zero-order valence-electron chi connectivity index (χ0n) is 9.32. The fourth-order valence-corrected chi connectivity index (χ4v) is 4.37. The summed E-state index contributed by atoms with van der Waals surface area (Å²) in [4.78, 5) is 15.9. The van der Waals surface area contributed by atoms with Crippen molar-refractivity contribution in [3.8, 4) is 0 Å². The molecule has 0 radical (unpaired) electrons. The summed E-state index contributed by atoms with van der Waals surface area (Å²) < 4.78 is 41.9. The Labute approximate surface area is 101 Å². The van der Waals surface area contributed by atoms with Gasteiger partial charge in [-0.05, 0) is 25.8 Å². The molecule has 1 saturated heterocycles. The SMILES string of the molecule is O=P(O)(O)C(CC1CCCCCN1)S(=O)(=O)O. The second-order valence-corrected chi connectivity index (χ2v) is 8.04. The van der Waals surface area contributed by atoms with E-state index >= 15 is 0 Å². The molecule has 17 heavy (non-hydrogen) atoms. The van der Waals surface area contributed by atoms with E-state index in [1.807, 2.05) is 0 Å². The van der Waals surface area contributed by atoms with Crippen molar-refractivity contribution in [2.45, 2.75) is 43.1 Å². The fourth-order valence-electron chi connectivity index (χ4n) is 1.98. The van der Waals surface area contributed by atoms with Crippen LogP contribution in [0.2, 0.25) is 0 Å². The van der Waals surface area contributed by atoms with E-state index in [1.165, 1.54) is 0 Å². The minimum absolute atomic E-state index is 0.261. The summed E-state index contributed by atoms with van der Waals surface area (Å²) >= 11 is 0. The van der Waals surface area contributed by atoms with E-state index in [0.29, 0.717) is 13.0 Å². The van der Waals surface area contributed by atoms with Crippen molar-refractivity contribution >= 4 is 17.7 Å². The Kier molecular flexibility index (Phi) is 5.12. The van der Waals surface area contributed by atoms with Crippen molar-refractivity contribution in [3.05, 3.63) is 0 Å². The Morgan fingerprint density at radius 3 is 2.47 bits per heavy atom. The molecule has 7 nitrogen and oxygen atoms in total. The van der Waals surface area contributed by atoms with Gasteiger partial charge in [-0.1, -0.05) is 12.8 Å². The van der Waals surface area contributed by atoms with Gasteiger partial charge >= 0.3 is 7.60 Å². The molecular weight excluding hydrogens is 269 g/mol. The van der Waals surface area contributed by atoms with Crippen LogP contribution in [-0.2, 0) is 14.7 Å². The lowest BCUT2D eigenvalue weighted by Gasteiger charge is -2.21. The summed E-state index contributed by atoms with van der Waals surface area (Å²) in [5.74, 6) is 0. The third-order valence-corrected chi connectivity index (χ3v) is 6.33. The molecule has 102 valence electrons. The van der Waals surface area contributed by atoms with Crippen molar-refractivity contribution in [1.29, 1.82) is 0 Å². The van der Waals surface area contributed by atoms with Crippen LogP contribution >= 0.6 is 7.60 Å². The van der Waals surface area contributed by atoms with Gasteiger partial charge in [0.2, 0.25) is 0 Å². The molecule has 1 rings (SSSR count). The standard InChI is InChI=1S/C8H18NO6PS/c10-16(11,12)8(17(13,14)15)6-7-4-2-1-3-5-9-7/h7-9H,1-6H2,(H2,10,11,12)(H,13,14,15). The molecule has 1 heterocycles. The van der Waals surface area contributed by atoms with Crippen LogP contribution in [0.25, 0.3) is 0 Å². The molecule has 0 spiro atoms. The summed E-state index contributed by atoms with van der Waals surface area (Å²) in [7, 11) is -9.59. The van der Waals surface area contributed by atoms with Crippen LogP contribution in [0.4, 0.5) is 0 Å². The summed E-state index contributed by atoms with van der Waals surface area (Å²) in [5, 5.41) is 3.04. The number of hydrogen-bond acceptors (Lipinski definition) is 4. The first-order chi connectivity index (χ1) is 7.71. The predicted octanol–water partition coefficient (Wildman–Crippen LogP) is 0.300. The zero-order valence-corrected chi connectivity index (χ0v) is 11.0. The van der Waals surface area contributed by atoms with Crippen molar-refractivity contribution in [3.63, 3.8) is 0 Å². The third-order valence-electron chi connectivity index (χ3n) is 2.87. The lowest BCUT2D eigenvalue weighted by Crippen LogP contribution is -2.34. The molecule has 0 aliphatic carbocycles. The summed E-state index contributed by atoms with van der Waals surface area (Å²) in [6.45, 7) is 0.698. The number of nitrogens with one attached hydrogen (secondary N) is 1. The highest BCUT2D eigenvalue weighted by atomic mass is 32.2. The zero-order chi connectivity index (χ0) is 13.1. The molecule has 0 amide bonds. The van der Waals surface area contributed by atoms with Crippen molar-refractivity contribution in [2.75, 3.05) is 6.54 Å². The van der Waals surface area contributed by atoms with Crippen LogP contribution in [0, 0.1) is 0 Å². The quantitative estimate of drug-likeness (QED) is 0.433. The largest absolute Gasteiger partial charge is 0.346 e. The van der Waals surface area contributed by atoms with Crippen LogP contribution in [0.1, 0.15) is 32.1 Å². The Hall–Kier alpha value is 0.0200. The maximum Gasteiger partial charge on any atom is 0.346 e. The molecule has 1 aliphatic rings. The Bertz CT molecular complexity index is 383. The highest BCUT2D eigenvalue weighted by molar-refractivity contribution is 7.93. The van der Waals surface area contributed by atoms with Crippen LogP contribution in [0.3, 0.4) is 0 Å². The maximum atomic E-state index is 11.1. The van der Waals surface area contributed by atoms with E-state index in [9.17, 15) is 13.0 Å². The average Bonchev–Trinajstić information content (AvgIpc) is 2.38.